The van der Waals surface area contributed by atoms with Crippen LogP contribution < -0.4 is 5.56 Å². The fourth-order valence-corrected chi connectivity index (χ4v) is 4.65. The molecule has 5 rings (SSSR count). The van der Waals surface area contributed by atoms with Gasteiger partial charge in [0.05, 0.1) is 18.9 Å². The predicted molar refractivity (Wildman–Crippen MR) is 124 cm³/mol. The third-order valence-electron chi connectivity index (χ3n) is 5.54. The minimum absolute atomic E-state index is 0.114. The maximum Gasteiger partial charge on any atom is 0.258 e. The highest BCUT2D eigenvalue weighted by Crippen LogP contribution is 2.26. The van der Waals surface area contributed by atoms with E-state index in [-0.39, 0.29) is 11.4 Å². The van der Waals surface area contributed by atoms with Crippen LogP contribution in [0.1, 0.15) is 5.69 Å². The summed E-state index contributed by atoms with van der Waals surface area (Å²) in [4.78, 5) is 19.3. The number of rotatable bonds is 7. The van der Waals surface area contributed by atoms with Gasteiger partial charge in [0, 0.05) is 49.8 Å². The maximum atomic E-state index is 13.5. The lowest BCUT2D eigenvalue weighted by Crippen LogP contribution is -2.38. The van der Waals surface area contributed by atoms with Crippen molar-refractivity contribution in [2.45, 2.75) is 17.5 Å². The van der Waals surface area contributed by atoms with Gasteiger partial charge in [-0.15, -0.1) is 10.2 Å². The van der Waals surface area contributed by atoms with Gasteiger partial charge in [0.25, 0.3) is 5.56 Å². The molecule has 1 aliphatic rings. The molecule has 0 N–H and O–H groups in total. The summed E-state index contributed by atoms with van der Waals surface area (Å²) in [6, 6.07) is 13.3. The number of benzene rings is 1. The number of aromatic nitrogens is 5. The molecule has 0 atom stereocenters. The van der Waals surface area contributed by atoms with Crippen LogP contribution in [0.2, 0.25) is 0 Å². The summed E-state index contributed by atoms with van der Waals surface area (Å²) in [6.45, 7) is 4.77. The van der Waals surface area contributed by atoms with Crippen LogP contribution in [0, 0.1) is 5.82 Å². The van der Waals surface area contributed by atoms with Crippen molar-refractivity contribution >= 4 is 17.4 Å². The Morgan fingerprint density at radius 3 is 2.67 bits per heavy atom. The molecule has 4 aromatic rings. The van der Waals surface area contributed by atoms with Crippen molar-refractivity contribution in [1.82, 2.24) is 29.0 Å². The Hall–Kier alpha value is -3.08. The van der Waals surface area contributed by atoms with Gasteiger partial charge in [0.1, 0.15) is 11.5 Å². The molecular formula is C23H23FN6O2S. The van der Waals surface area contributed by atoms with Crippen molar-refractivity contribution in [2.75, 3.05) is 32.8 Å². The van der Waals surface area contributed by atoms with E-state index in [0.717, 1.165) is 43.6 Å². The molecule has 0 bridgehead atoms. The average molecular weight is 467 g/mol. The highest BCUT2D eigenvalue weighted by Gasteiger charge is 2.17. The first kappa shape index (κ1) is 21.7. The number of hydrogen-bond acceptors (Lipinski definition) is 7. The van der Waals surface area contributed by atoms with E-state index in [9.17, 15) is 9.18 Å². The van der Waals surface area contributed by atoms with Crippen LogP contribution >= 0.6 is 11.8 Å². The van der Waals surface area contributed by atoms with Crippen LogP contribution in [0.3, 0.4) is 0 Å². The second kappa shape index (κ2) is 9.82. The molecule has 0 aliphatic carbocycles. The molecule has 170 valence electrons. The SMILES string of the molecule is O=c1cc(CSc2nnc(-c3ccc(F)cc3)n2CCN2CCOCC2)nc2ccccn12. The third kappa shape index (κ3) is 4.97. The minimum Gasteiger partial charge on any atom is -0.379 e. The minimum atomic E-state index is -0.290. The van der Waals surface area contributed by atoms with Crippen molar-refractivity contribution < 1.29 is 9.13 Å². The van der Waals surface area contributed by atoms with Gasteiger partial charge in [0.2, 0.25) is 0 Å². The number of fused-ring (bicyclic) bond motifs is 1. The van der Waals surface area contributed by atoms with E-state index >= 15 is 0 Å². The quantitative estimate of drug-likeness (QED) is 0.388. The van der Waals surface area contributed by atoms with Gasteiger partial charge in [-0.05, 0) is 36.4 Å². The van der Waals surface area contributed by atoms with Crippen molar-refractivity contribution in [2.24, 2.45) is 0 Å². The van der Waals surface area contributed by atoms with Gasteiger partial charge in [-0.3, -0.25) is 14.1 Å². The first-order valence-corrected chi connectivity index (χ1v) is 11.8. The molecule has 10 heteroatoms. The van der Waals surface area contributed by atoms with Crippen molar-refractivity contribution in [3.63, 3.8) is 0 Å². The fourth-order valence-electron chi connectivity index (χ4n) is 3.79. The van der Waals surface area contributed by atoms with Crippen LogP contribution in [0.15, 0.2) is 64.7 Å². The molecular weight excluding hydrogens is 443 g/mol. The lowest BCUT2D eigenvalue weighted by Gasteiger charge is -2.27. The number of thioether (sulfide) groups is 1. The summed E-state index contributed by atoms with van der Waals surface area (Å²) in [7, 11) is 0. The Balaban J connectivity index is 1.40. The smallest absolute Gasteiger partial charge is 0.258 e. The van der Waals surface area contributed by atoms with Crippen LogP contribution in [-0.4, -0.2) is 61.9 Å². The molecule has 1 saturated heterocycles. The Labute approximate surface area is 194 Å². The first-order valence-electron chi connectivity index (χ1n) is 10.8. The summed E-state index contributed by atoms with van der Waals surface area (Å²) in [5.41, 5.74) is 1.99. The zero-order valence-electron chi connectivity index (χ0n) is 17.9. The van der Waals surface area contributed by atoms with Gasteiger partial charge in [0.15, 0.2) is 11.0 Å². The van der Waals surface area contributed by atoms with Crippen molar-refractivity contribution in [3.8, 4) is 11.4 Å². The standard InChI is InChI=1S/C23H23FN6O2S/c24-18-6-4-17(5-7-18)22-26-27-23(30(22)10-9-28-11-13-32-14-12-28)33-16-19-15-21(31)29-8-2-1-3-20(29)25-19/h1-8,15H,9-14,16H2. The van der Waals surface area contributed by atoms with Crippen LogP contribution in [0.5, 0.6) is 0 Å². The summed E-state index contributed by atoms with van der Waals surface area (Å²) in [5, 5.41) is 9.54. The van der Waals surface area contributed by atoms with Crippen LogP contribution in [0.25, 0.3) is 17.0 Å². The lowest BCUT2D eigenvalue weighted by atomic mass is 10.2. The Morgan fingerprint density at radius 2 is 1.85 bits per heavy atom. The lowest BCUT2D eigenvalue weighted by molar-refractivity contribution is 0.0361. The topological polar surface area (TPSA) is 77.5 Å². The van der Waals surface area contributed by atoms with E-state index in [0.29, 0.717) is 29.5 Å². The van der Waals surface area contributed by atoms with E-state index in [1.165, 1.54) is 28.3 Å². The van der Waals surface area contributed by atoms with Crippen molar-refractivity contribution in [3.05, 3.63) is 76.6 Å². The first-order chi connectivity index (χ1) is 16.2. The second-order valence-corrected chi connectivity index (χ2v) is 8.66. The normalized spacial score (nSPS) is 14.7. The number of hydrogen-bond donors (Lipinski definition) is 0. The summed E-state index contributed by atoms with van der Waals surface area (Å²) in [6.07, 6.45) is 1.71. The number of pyridine rings is 1. The second-order valence-electron chi connectivity index (χ2n) is 7.72. The Morgan fingerprint density at radius 1 is 1.03 bits per heavy atom. The molecule has 4 heterocycles. The highest BCUT2D eigenvalue weighted by molar-refractivity contribution is 7.98. The zero-order valence-corrected chi connectivity index (χ0v) is 18.7. The van der Waals surface area contributed by atoms with Crippen molar-refractivity contribution in [1.29, 1.82) is 0 Å². The molecule has 1 aliphatic heterocycles. The highest BCUT2D eigenvalue weighted by atomic mass is 32.2. The number of ether oxygens (including phenoxy) is 1. The summed E-state index contributed by atoms with van der Waals surface area (Å²) in [5.74, 6) is 0.887. The van der Waals surface area contributed by atoms with E-state index in [1.54, 1.807) is 30.5 Å². The third-order valence-corrected chi connectivity index (χ3v) is 6.54. The van der Waals surface area contributed by atoms with E-state index in [4.69, 9.17) is 4.74 Å². The predicted octanol–water partition coefficient (Wildman–Crippen LogP) is 2.72. The summed E-state index contributed by atoms with van der Waals surface area (Å²) < 4.78 is 22.5. The Bertz CT molecular complexity index is 1300. The molecule has 0 amide bonds. The van der Waals surface area contributed by atoms with E-state index in [1.807, 2.05) is 12.1 Å². The Kier molecular flexibility index (Phi) is 6.47. The number of halogens is 1. The molecule has 1 aromatic carbocycles. The summed E-state index contributed by atoms with van der Waals surface area (Å²) >= 11 is 1.48. The number of nitrogens with zero attached hydrogens (tertiary/aromatic N) is 6. The molecule has 0 spiro atoms. The number of morpholine rings is 1. The molecule has 3 aromatic heterocycles. The maximum absolute atomic E-state index is 13.5. The zero-order chi connectivity index (χ0) is 22.6. The largest absolute Gasteiger partial charge is 0.379 e. The molecule has 8 nitrogen and oxygen atoms in total. The van der Waals surface area contributed by atoms with Gasteiger partial charge in [-0.1, -0.05) is 17.8 Å². The van der Waals surface area contributed by atoms with Crippen LogP contribution in [0.4, 0.5) is 4.39 Å². The van der Waals surface area contributed by atoms with Crippen LogP contribution in [-0.2, 0) is 17.0 Å². The monoisotopic (exact) mass is 466 g/mol. The molecule has 1 fully saturated rings. The van der Waals surface area contributed by atoms with Gasteiger partial charge < -0.3 is 9.30 Å². The molecule has 33 heavy (non-hydrogen) atoms. The molecule has 0 radical (unpaired) electrons. The molecule has 0 unspecified atom stereocenters. The average Bonchev–Trinajstić information content (AvgIpc) is 3.25. The van der Waals surface area contributed by atoms with E-state index < -0.39 is 0 Å². The van der Waals surface area contributed by atoms with Gasteiger partial charge >= 0.3 is 0 Å². The molecule has 0 saturated carbocycles. The van der Waals surface area contributed by atoms with Gasteiger partial charge in [-0.2, -0.15) is 0 Å². The van der Waals surface area contributed by atoms with E-state index in [2.05, 4.69) is 24.6 Å². The van der Waals surface area contributed by atoms with Gasteiger partial charge in [-0.25, -0.2) is 9.37 Å². The fraction of sp³-hybridized carbons (Fsp3) is 0.304.